The highest BCUT2D eigenvalue weighted by Crippen LogP contribution is 2.26. The molecule has 0 unspecified atom stereocenters. The smallest absolute Gasteiger partial charge is 0.274 e. The maximum Gasteiger partial charge on any atom is 0.274 e. The van der Waals surface area contributed by atoms with Gasteiger partial charge in [-0.25, -0.2) is 0 Å². The number of carbonyl (C=O) groups excluding carboxylic acids is 3. The van der Waals surface area contributed by atoms with Crippen LogP contribution in [0.2, 0.25) is 0 Å². The molecule has 164 valence electrons. The van der Waals surface area contributed by atoms with Crippen molar-refractivity contribution in [3.8, 4) is 0 Å². The molecule has 3 heterocycles. The first-order chi connectivity index (χ1) is 14.8. The van der Waals surface area contributed by atoms with E-state index in [0.717, 1.165) is 11.1 Å². The summed E-state index contributed by atoms with van der Waals surface area (Å²) in [6.45, 7) is 6.21. The van der Waals surface area contributed by atoms with Gasteiger partial charge in [0.15, 0.2) is 5.69 Å². The minimum atomic E-state index is -1.12. The average Bonchev–Trinajstić information content (AvgIpc) is 3.20. The summed E-state index contributed by atoms with van der Waals surface area (Å²) in [4.78, 5) is 41.9. The van der Waals surface area contributed by atoms with Crippen LogP contribution in [0, 0.1) is 6.92 Å². The molecule has 1 fully saturated rings. The van der Waals surface area contributed by atoms with Crippen LogP contribution >= 0.6 is 0 Å². The molecule has 2 aliphatic rings. The molecule has 0 saturated carbocycles. The summed E-state index contributed by atoms with van der Waals surface area (Å²) in [5.41, 5.74) is 1.52. The van der Waals surface area contributed by atoms with Crippen LogP contribution in [0.25, 0.3) is 0 Å². The number of aromatic nitrogens is 2. The molecule has 1 N–H and O–H groups in total. The third-order valence-corrected chi connectivity index (χ3v) is 6.08. The molecule has 0 aliphatic carbocycles. The topological polar surface area (TPSA) is 96.8 Å². The van der Waals surface area contributed by atoms with Crippen molar-refractivity contribution in [3.63, 3.8) is 0 Å². The number of fused-ring (bicyclic) bond motifs is 1. The number of morpholine rings is 1. The highest BCUT2D eigenvalue weighted by molar-refractivity contribution is 6.01. The molecule has 0 spiro atoms. The van der Waals surface area contributed by atoms with Crippen molar-refractivity contribution in [2.45, 2.75) is 32.5 Å². The van der Waals surface area contributed by atoms with Crippen LogP contribution in [0.15, 0.2) is 30.3 Å². The Morgan fingerprint density at radius 3 is 2.55 bits per heavy atom. The van der Waals surface area contributed by atoms with E-state index in [2.05, 4.69) is 10.4 Å². The fourth-order valence-corrected chi connectivity index (χ4v) is 3.84. The average molecular weight is 425 g/mol. The van der Waals surface area contributed by atoms with Crippen molar-refractivity contribution in [3.05, 3.63) is 52.8 Å². The second kappa shape index (κ2) is 8.14. The molecular weight excluding hydrogens is 398 g/mol. The first kappa shape index (κ1) is 21.0. The van der Waals surface area contributed by atoms with Gasteiger partial charge in [0.1, 0.15) is 11.2 Å². The van der Waals surface area contributed by atoms with Crippen LogP contribution in [-0.2, 0) is 22.6 Å². The normalized spacial score (nSPS) is 21.1. The van der Waals surface area contributed by atoms with E-state index in [-0.39, 0.29) is 30.0 Å². The van der Waals surface area contributed by atoms with Crippen molar-refractivity contribution in [1.29, 1.82) is 0 Å². The van der Waals surface area contributed by atoms with Gasteiger partial charge in [-0.05, 0) is 19.4 Å². The fraction of sp³-hybridized carbons (Fsp3) is 0.455. The lowest BCUT2D eigenvalue weighted by molar-refractivity contribution is -0.132. The van der Waals surface area contributed by atoms with Crippen LogP contribution in [0.1, 0.15) is 39.0 Å². The Hall–Kier alpha value is -3.20. The summed E-state index contributed by atoms with van der Waals surface area (Å²) in [7, 11) is 1.60. The Bertz CT molecular complexity index is 1010. The van der Waals surface area contributed by atoms with Crippen LogP contribution < -0.4 is 5.32 Å². The predicted octanol–water partition coefficient (Wildman–Crippen LogP) is 0.825. The van der Waals surface area contributed by atoms with E-state index >= 15 is 0 Å². The molecule has 2 aliphatic heterocycles. The first-order valence-corrected chi connectivity index (χ1v) is 10.4. The molecule has 1 aromatic carbocycles. The zero-order valence-corrected chi connectivity index (χ0v) is 18.1. The van der Waals surface area contributed by atoms with Crippen LogP contribution in [0.5, 0.6) is 0 Å². The van der Waals surface area contributed by atoms with Gasteiger partial charge in [0.2, 0.25) is 5.91 Å². The number of likely N-dealkylation sites (N-methyl/N-ethyl adjacent to an activating group) is 1. The molecule has 1 atom stereocenters. The molecule has 0 bridgehead atoms. The van der Waals surface area contributed by atoms with Gasteiger partial charge in [-0.2, -0.15) is 5.10 Å². The number of aryl methyl sites for hydroxylation is 1. The van der Waals surface area contributed by atoms with E-state index in [1.54, 1.807) is 18.9 Å². The van der Waals surface area contributed by atoms with E-state index in [9.17, 15) is 14.4 Å². The lowest BCUT2D eigenvalue weighted by atomic mass is 9.95. The second-order valence-corrected chi connectivity index (χ2v) is 8.28. The van der Waals surface area contributed by atoms with Gasteiger partial charge in [0.25, 0.3) is 11.8 Å². The largest absolute Gasteiger partial charge is 0.378 e. The highest BCUT2D eigenvalue weighted by atomic mass is 16.5. The molecule has 9 heteroatoms. The Morgan fingerprint density at radius 2 is 1.87 bits per heavy atom. The van der Waals surface area contributed by atoms with E-state index in [0.29, 0.717) is 38.5 Å². The monoisotopic (exact) mass is 425 g/mol. The van der Waals surface area contributed by atoms with Crippen molar-refractivity contribution < 1.29 is 19.1 Å². The van der Waals surface area contributed by atoms with Crippen molar-refractivity contribution in [2.24, 2.45) is 0 Å². The number of nitrogens with one attached hydrogen (secondary N) is 1. The van der Waals surface area contributed by atoms with Crippen LogP contribution in [0.4, 0.5) is 0 Å². The molecule has 2 aromatic rings. The summed E-state index contributed by atoms with van der Waals surface area (Å²) < 4.78 is 6.76. The van der Waals surface area contributed by atoms with Gasteiger partial charge in [-0.1, -0.05) is 29.8 Å². The van der Waals surface area contributed by atoms with Gasteiger partial charge in [0.05, 0.1) is 19.8 Å². The van der Waals surface area contributed by atoms with E-state index in [1.165, 1.54) is 15.6 Å². The molecule has 9 nitrogen and oxygen atoms in total. The summed E-state index contributed by atoms with van der Waals surface area (Å²) in [6.07, 6.45) is 0. The summed E-state index contributed by atoms with van der Waals surface area (Å²) in [5, 5.41) is 7.30. The Kier molecular flexibility index (Phi) is 5.53. The van der Waals surface area contributed by atoms with Gasteiger partial charge >= 0.3 is 0 Å². The second-order valence-electron chi connectivity index (χ2n) is 8.28. The molecule has 1 saturated heterocycles. The minimum absolute atomic E-state index is 0.167. The van der Waals surface area contributed by atoms with Crippen molar-refractivity contribution >= 4 is 17.7 Å². The Balaban J connectivity index is 1.51. The van der Waals surface area contributed by atoms with Crippen LogP contribution in [0.3, 0.4) is 0 Å². The molecule has 31 heavy (non-hydrogen) atoms. The van der Waals surface area contributed by atoms with E-state index in [1.807, 2.05) is 31.2 Å². The number of rotatable bonds is 4. The van der Waals surface area contributed by atoms with Gasteiger partial charge in [-0.3, -0.25) is 19.1 Å². The quantitative estimate of drug-likeness (QED) is 0.783. The third-order valence-electron chi connectivity index (χ3n) is 6.08. The third kappa shape index (κ3) is 3.93. The zero-order valence-electron chi connectivity index (χ0n) is 18.1. The number of carbonyl (C=O) groups is 3. The molecular formula is C22H27N5O4. The number of ether oxygens (including phenoxy) is 1. The van der Waals surface area contributed by atoms with Gasteiger partial charge < -0.3 is 19.9 Å². The SMILES string of the molecule is Cc1ccc(CNC(=O)[C@]2(C)Cn3nc(C(=O)N4CCOCC4)cc3C(=O)N2C)cc1. The Morgan fingerprint density at radius 1 is 1.19 bits per heavy atom. The molecule has 0 radical (unpaired) electrons. The lowest BCUT2D eigenvalue weighted by Crippen LogP contribution is -2.62. The number of benzene rings is 1. The van der Waals surface area contributed by atoms with Gasteiger partial charge in [0, 0.05) is 32.7 Å². The van der Waals surface area contributed by atoms with Crippen molar-refractivity contribution in [1.82, 2.24) is 24.9 Å². The van der Waals surface area contributed by atoms with E-state index < -0.39 is 5.54 Å². The van der Waals surface area contributed by atoms with E-state index in [4.69, 9.17) is 4.74 Å². The summed E-state index contributed by atoms with van der Waals surface area (Å²) >= 11 is 0. The highest BCUT2D eigenvalue weighted by Gasteiger charge is 2.46. The maximum absolute atomic E-state index is 13.1. The van der Waals surface area contributed by atoms with Crippen LogP contribution in [-0.4, -0.2) is 76.2 Å². The summed E-state index contributed by atoms with van der Waals surface area (Å²) in [6, 6.07) is 9.41. The number of hydrogen-bond acceptors (Lipinski definition) is 5. The minimum Gasteiger partial charge on any atom is -0.378 e. The zero-order chi connectivity index (χ0) is 22.2. The summed E-state index contributed by atoms with van der Waals surface area (Å²) in [5.74, 6) is -0.843. The molecule has 1 aromatic heterocycles. The standard InChI is InChI=1S/C22H27N5O4/c1-15-4-6-16(7-5-15)13-23-21(30)22(2)14-27-18(20(29)25(22)3)12-17(24-27)19(28)26-8-10-31-11-9-26/h4-7,12H,8-11,13-14H2,1-3H3,(H,23,30)/t22-/m0/s1. The number of amides is 3. The number of hydrogen-bond donors (Lipinski definition) is 1. The maximum atomic E-state index is 13.1. The molecule has 4 rings (SSSR count). The fourth-order valence-electron chi connectivity index (χ4n) is 3.84. The van der Waals surface area contributed by atoms with Gasteiger partial charge in [-0.15, -0.1) is 0 Å². The first-order valence-electron chi connectivity index (χ1n) is 10.4. The predicted molar refractivity (Wildman–Crippen MR) is 112 cm³/mol. The Labute approximate surface area is 180 Å². The lowest BCUT2D eigenvalue weighted by Gasteiger charge is -2.40. The molecule has 3 amide bonds. The number of nitrogens with zero attached hydrogens (tertiary/aromatic N) is 4. The van der Waals surface area contributed by atoms with Crippen molar-refractivity contribution in [2.75, 3.05) is 33.4 Å².